The first-order chi connectivity index (χ1) is 19.6. The maximum atomic E-state index is 6.46. The summed E-state index contributed by atoms with van der Waals surface area (Å²) in [6.45, 7) is 24.7. The molecule has 0 aliphatic carbocycles. The monoisotopic (exact) mass is 541 g/mol. The molecule has 0 bridgehead atoms. The topological polar surface area (TPSA) is 34.8 Å². The van der Waals surface area contributed by atoms with Gasteiger partial charge in [0.05, 0.1) is 22.6 Å². The lowest BCUT2D eigenvalue weighted by atomic mass is 9.79. The molecule has 0 radical (unpaired) electrons. The van der Waals surface area contributed by atoms with Gasteiger partial charge < -0.3 is 18.6 Å². The zero-order valence-corrected chi connectivity index (χ0v) is 24.3. The molecule has 206 valence electrons. The third kappa shape index (κ3) is 5.15. The van der Waals surface area contributed by atoms with Crippen molar-refractivity contribution in [2.75, 3.05) is 4.90 Å². The zero-order chi connectivity index (χ0) is 29.4. The first kappa shape index (κ1) is 28.2. The second kappa shape index (κ2) is 10.9. The lowest BCUT2D eigenvalue weighted by molar-refractivity contribution is 0.00578. The molecule has 2 heterocycles. The van der Waals surface area contributed by atoms with E-state index in [1.807, 2.05) is 54.6 Å². The van der Waals surface area contributed by atoms with E-state index in [-0.39, 0.29) is 0 Å². The predicted molar refractivity (Wildman–Crippen MR) is 174 cm³/mol. The number of rotatable bonds is 9. The largest absolute Gasteiger partial charge is 0.494 e. The molecule has 5 rings (SSSR count). The van der Waals surface area contributed by atoms with Crippen LogP contribution in [0.2, 0.25) is 0 Å². The van der Waals surface area contributed by atoms with E-state index in [2.05, 4.69) is 89.2 Å². The van der Waals surface area contributed by atoms with Crippen molar-refractivity contribution >= 4 is 45.9 Å². The van der Waals surface area contributed by atoms with Crippen molar-refractivity contribution in [1.29, 1.82) is 0 Å². The van der Waals surface area contributed by atoms with Crippen LogP contribution >= 0.6 is 0 Å². The number of fused-ring (bicyclic) bond motifs is 3. The number of hydrogen-bond acceptors (Lipinski definition) is 4. The highest BCUT2D eigenvalue weighted by molar-refractivity contribution is 6.62. The van der Waals surface area contributed by atoms with Gasteiger partial charge in [-0.15, -0.1) is 0 Å². The van der Waals surface area contributed by atoms with Crippen molar-refractivity contribution in [3.63, 3.8) is 0 Å². The molecular formula is C36H36BNO3. The second-order valence-electron chi connectivity index (χ2n) is 11.2. The minimum atomic E-state index is -0.455. The number of nitrogens with zero attached hydrogens (tertiary/aromatic N) is 1. The standard InChI is InChI=1S/C36H36BNO3/c1-9-11-16-25(3)26(4)31(15-10-2)38(32-19-14-18-30-29-17-12-13-20-33(29)39-34(30)32)28-23-21-27(22-24-28)37-40-35(5,6)36(7,8)41-37/h9-24H,1-4H2,5-8H3/b16-11-,31-15+. The lowest BCUT2D eigenvalue weighted by Crippen LogP contribution is -2.41. The van der Waals surface area contributed by atoms with Gasteiger partial charge >= 0.3 is 7.12 Å². The Labute approximate surface area is 243 Å². The van der Waals surface area contributed by atoms with Crippen molar-refractivity contribution < 1.29 is 13.7 Å². The highest BCUT2D eigenvalue weighted by Gasteiger charge is 2.51. The van der Waals surface area contributed by atoms with E-state index in [4.69, 9.17) is 13.7 Å². The molecule has 0 amide bonds. The fraction of sp³-hybridized carbons (Fsp3) is 0.167. The highest BCUT2D eigenvalue weighted by atomic mass is 16.7. The van der Waals surface area contributed by atoms with E-state index < -0.39 is 18.3 Å². The second-order valence-corrected chi connectivity index (χ2v) is 11.2. The fourth-order valence-corrected chi connectivity index (χ4v) is 4.95. The van der Waals surface area contributed by atoms with Crippen molar-refractivity contribution in [3.8, 4) is 0 Å². The van der Waals surface area contributed by atoms with Crippen LogP contribution in [0.3, 0.4) is 0 Å². The summed E-state index contributed by atoms with van der Waals surface area (Å²) < 4.78 is 19.1. The molecule has 0 spiro atoms. The number of benzene rings is 3. The number of hydrogen-bond donors (Lipinski definition) is 0. The highest BCUT2D eigenvalue weighted by Crippen LogP contribution is 2.42. The maximum absolute atomic E-state index is 6.46. The van der Waals surface area contributed by atoms with E-state index >= 15 is 0 Å². The molecule has 1 saturated heterocycles. The van der Waals surface area contributed by atoms with Gasteiger partial charge in [-0.1, -0.05) is 93.1 Å². The molecule has 3 aromatic carbocycles. The van der Waals surface area contributed by atoms with Crippen LogP contribution in [-0.4, -0.2) is 18.3 Å². The summed E-state index contributed by atoms with van der Waals surface area (Å²) in [5.41, 5.74) is 5.81. The SMILES string of the molecule is C=C/C=C\C(=C)C(=C)/C(=C\C=C)N(c1ccc(B2OC(C)(C)C(C)(C)O2)cc1)c1cccc2c1oc1ccccc12. The Morgan fingerprint density at radius 1 is 0.805 bits per heavy atom. The van der Waals surface area contributed by atoms with Gasteiger partial charge in [0, 0.05) is 16.5 Å². The average molecular weight is 542 g/mol. The van der Waals surface area contributed by atoms with Crippen molar-refractivity contribution in [1.82, 2.24) is 0 Å². The quantitative estimate of drug-likeness (QED) is 0.157. The molecule has 1 aliphatic rings. The normalized spacial score (nSPS) is 16.4. The first-order valence-corrected chi connectivity index (χ1v) is 13.7. The smallest absolute Gasteiger partial charge is 0.454 e. The van der Waals surface area contributed by atoms with Crippen LogP contribution in [0.25, 0.3) is 21.9 Å². The van der Waals surface area contributed by atoms with Crippen molar-refractivity contribution in [2.24, 2.45) is 0 Å². The van der Waals surface area contributed by atoms with E-state index in [0.717, 1.165) is 55.6 Å². The molecule has 4 aromatic rings. The van der Waals surface area contributed by atoms with Gasteiger partial charge in [0.2, 0.25) is 0 Å². The van der Waals surface area contributed by atoms with Gasteiger partial charge in [0.1, 0.15) is 5.58 Å². The third-order valence-corrected chi connectivity index (χ3v) is 7.95. The van der Waals surface area contributed by atoms with Crippen LogP contribution in [0.15, 0.2) is 145 Å². The summed E-state index contributed by atoms with van der Waals surface area (Å²) in [5, 5.41) is 2.10. The van der Waals surface area contributed by atoms with Gasteiger partial charge in [-0.2, -0.15) is 0 Å². The van der Waals surface area contributed by atoms with Gasteiger partial charge in [-0.05, 0) is 74.6 Å². The van der Waals surface area contributed by atoms with E-state index in [9.17, 15) is 0 Å². The summed E-state index contributed by atoms with van der Waals surface area (Å²) in [6, 6.07) is 22.5. The zero-order valence-electron chi connectivity index (χ0n) is 24.3. The minimum absolute atomic E-state index is 0.420. The Bertz CT molecular complexity index is 1700. The van der Waals surface area contributed by atoms with Gasteiger partial charge in [0.25, 0.3) is 0 Å². The van der Waals surface area contributed by atoms with Gasteiger partial charge in [0.15, 0.2) is 5.58 Å². The van der Waals surface area contributed by atoms with Crippen molar-refractivity contribution in [2.45, 2.75) is 38.9 Å². The maximum Gasteiger partial charge on any atom is 0.494 e. The van der Waals surface area contributed by atoms with E-state index in [0.29, 0.717) is 0 Å². The van der Waals surface area contributed by atoms with E-state index in [1.54, 1.807) is 12.2 Å². The van der Waals surface area contributed by atoms with Crippen LogP contribution in [0.1, 0.15) is 27.7 Å². The molecular weight excluding hydrogens is 505 g/mol. The number of furan rings is 1. The molecule has 1 fully saturated rings. The molecule has 0 saturated carbocycles. The summed E-state index contributed by atoms with van der Waals surface area (Å²) in [7, 11) is -0.455. The molecule has 0 N–H and O–H groups in total. The average Bonchev–Trinajstić information content (AvgIpc) is 3.44. The summed E-state index contributed by atoms with van der Waals surface area (Å²) in [5.74, 6) is 0. The van der Waals surface area contributed by atoms with Gasteiger partial charge in [-0.3, -0.25) is 0 Å². The Hall–Kier alpha value is -4.32. The Balaban J connectivity index is 1.66. The Morgan fingerprint density at radius 3 is 2.12 bits per heavy atom. The summed E-state index contributed by atoms with van der Waals surface area (Å²) >= 11 is 0. The summed E-state index contributed by atoms with van der Waals surface area (Å²) in [6.07, 6.45) is 9.17. The number of para-hydroxylation sites is 2. The van der Waals surface area contributed by atoms with Crippen LogP contribution in [-0.2, 0) is 9.31 Å². The van der Waals surface area contributed by atoms with Crippen molar-refractivity contribution in [3.05, 3.63) is 140 Å². The molecule has 4 nitrogen and oxygen atoms in total. The molecule has 1 aromatic heterocycles. The molecule has 5 heteroatoms. The third-order valence-electron chi connectivity index (χ3n) is 7.95. The predicted octanol–water partition coefficient (Wildman–Crippen LogP) is 8.95. The Morgan fingerprint density at radius 2 is 1.46 bits per heavy atom. The summed E-state index contributed by atoms with van der Waals surface area (Å²) in [4.78, 5) is 2.13. The van der Waals surface area contributed by atoms with Crippen LogP contribution < -0.4 is 10.4 Å². The minimum Gasteiger partial charge on any atom is -0.454 e. The van der Waals surface area contributed by atoms with Gasteiger partial charge in [-0.25, -0.2) is 0 Å². The number of anilines is 2. The molecule has 0 unspecified atom stereocenters. The number of allylic oxidation sites excluding steroid dienone is 6. The Kier molecular flexibility index (Phi) is 7.52. The molecule has 41 heavy (non-hydrogen) atoms. The molecule has 1 aliphatic heterocycles. The van der Waals surface area contributed by atoms with Crippen LogP contribution in [0.4, 0.5) is 11.4 Å². The van der Waals surface area contributed by atoms with Crippen LogP contribution in [0.5, 0.6) is 0 Å². The fourth-order valence-electron chi connectivity index (χ4n) is 4.95. The molecule has 0 atom stereocenters. The van der Waals surface area contributed by atoms with E-state index in [1.165, 1.54) is 0 Å². The first-order valence-electron chi connectivity index (χ1n) is 13.7. The van der Waals surface area contributed by atoms with Crippen LogP contribution in [0, 0.1) is 0 Å². The lowest BCUT2D eigenvalue weighted by Gasteiger charge is -2.32.